The van der Waals surface area contributed by atoms with Gasteiger partial charge in [0.05, 0.1) is 17.6 Å². The summed E-state index contributed by atoms with van der Waals surface area (Å²) in [6.07, 6.45) is -0.313. The zero-order valence-electron chi connectivity index (χ0n) is 16.8. The maximum Gasteiger partial charge on any atom is 0.409 e. The van der Waals surface area contributed by atoms with E-state index in [1.54, 1.807) is 28.5 Å². The third-order valence-corrected chi connectivity index (χ3v) is 5.99. The molecule has 0 saturated carbocycles. The molecule has 0 spiro atoms. The fourth-order valence-corrected chi connectivity index (χ4v) is 4.36. The van der Waals surface area contributed by atoms with Crippen molar-refractivity contribution in [3.05, 3.63) is 59.7 Å². The largest absolute Gasteiger partial charge is 0.450 e. The number of fused-ring (bicyclic) bond motifs is 1. The average Bonchev–Trinajstić information content (AvgIpc) is 3.21. The highest BCUT2D eigenvalue weighted by Gasteiger charge is 2.26. The molecule has 2 amide bonds. The van der Waals surface area contributed by atoms with Crippen LogP contribution in [0, 0.1) is 0 Å². The Labute approximate surface area is 179 Å². The number of nitrogens with zero attached hydrogens (tertiary/aromatic N) is 3. The summed E-state index contributed by atoms with van der Waals surface area (Å²) in [4.78, 5) is 36.4. The lowest BCUT2D eigenvalue weighted by molar-refractivity contribution is 0.0570. The summed E-state index contributed by atoms with van der Waals surface area (Å²) in [5.41, 5.74) is 3.61. The van der Waals surface area contributed by atoms with Gasteiger partial charge in [-0.2, -0.15) is 0 Å². The van der Waals surface area contributed by atoms with Crippen LogP contribution in [-0.4, -0.2) is 64.6 Å². The molecule has 0 radical (unpaired) electrons. The normalized spacial score (nSPS) is 14.2. The van der Waals surface area contributed by atoms with E-state index >= 15 is 0 Å². The lowest BCUT2D eigenvalue weighted by Gasteiger charge is -2.34. The Morgan fingerprint density at radius 1 is 1.03 bits per heavy atom. The van der Waals surface area contributed by atoms with Crippen LogP contribution in [0.4, 0.5) is 4.79 Å². The van der Waals surface area contributed by atoms with Crippen molar-refractivity contribution < 1.29 is 14.3 Å². The van der Waals surface area contributed by atoms with E-state index in [-0.39, 0.29) is 12.0 Å². The average molecular weight is 425 g/mol. The molecule has 156 valence electrons. The van der Waals surface area contributed by atoms with E-state index in [0.717, 1.165) is 21.8 Å². The van der Waals surface area contributed by atoms with Crippen LogP contribution in [0.15, 0.2) is 53.7 Å². The summed E-state index contributed by atoms with van der Waals surface area (Å²) >= 11 is 1.58. The number of thioether (sulfide) groups is 1. The predicted molar refractivity (Wildman–Crippen MR) is 117 cm³/mol. The zero-order valence-corrected chi connectivity index (χ0v) is 17.7. The molecule has 7 nitrogen and oxygen atoms in total. The number of hydrogen-bond acceptors (Lipinski definition) is 5. The molecular formula is C22H24N4O3S. The van der Waals surface area contributed by atoms with E-state index in [9.17, 15) is 9.59 Å². The number of benzene rings is 2. The summed E-state index contributed by atoms with van der Waals surface area (Å²) < 4.78 is 5.05. The Bertz CT molecular complexity index is 1010. The van der Waals surface area contributed by atoms with Crippen LogP contribution in [0.25, 0.3) is 11.0 Å². The summed E-state index contributed by atoms with van der Waals surface area (Å²) in [5, 5.41) is 0.835. The summed E-state index contributed by atoms with van der Waals surface area (Å²) in [6, 6.07) is 15.6. The quantitative estimate of drug-likeness (QED) is 0.631. The van der Waals surface area contributed by atoms with Crippen LogP contribution < -0.4 is 0 Å². The van der Waals surface area contributed by atoms with Gasteiger partial charge in [-0.05, 0) is 30.7 Å². The molecule has 3 aromatic rings. The van der Waals surface area contributed by atoms with E-state index in [0.29, 0.717) is 44.1 Å². The number of ether oxygens (including phenoxy) is 1. The number of imidazole rings is 1. The van der Waals surface area contributed by atoms with Gasteiger partial charge < -0.3 is 19.5 Å². The number of carbonyl (C=O) groups excluding carboxylic acids is 2. The molecule has 1 aromatic heterocycles. The van der Waals surface area contributed by atoms with Crippen molar-refractivity contribution in [2.75, 3.05) is 32.8 Å². The van der Waals surface area contributed by atoms with E-state index in [1.165, 1.54) is 0 Å². The number of hydrogen-bond donors (Lipinski definition) is 1. The Hall–Kier alpha value is -3.00. The minimum absolute atomic E-state index is 0.000634. The van der Waals surface area contributed by atoms with Crippen molar-refractivity contribution >= 4 is 34.8 Å². The van der Waals surface area contributed by atoms with Gasteiger partial charge in [0.15, 0.2) is 5.16 Å². The van der Waals surface area contributed by atoms with Gasteiger partial charge in [0.25, 0.3) is 5.91 Å². The number of aromatic amines is 1. The first-order valence-electron chi connectivity index (χ1n) is 10.0. The maximum absolute atomic E-state index is 13.1. The minimum atomic E-state index is -0.313. The summed E-state index contributed by atoms with van der Waals surface area (Å²) in [6.45, 7) is 4.12. The molecule has 2 aromatic carbocycles. The first-order valence-corrected chi connectivity index (χ1v) is 11.0. The van der Waals surface area contributed by atoms with Gasteiger partial charge in [0.1, 0.15) is 0 Å². The van der Waals surface area contributed by atoms with Gasteiger partial charge in [-0.3, -0.25) is 4.79 Å². The second-order valence-electron chi connectivity index (χ2n) is 6.98. The van der Waals surface area contributed by atoms with Crippen LogP contribution in [0.1, 0.15) is 22.8 Å². The predicted octanol–water partition coefficient (Wildman–Crippen LogP) is 3.77. The first kappa shape index (κ1) is 20.3. The monoisotopic (exact) mass is 424 g/mol. The van der Waals surface area contributed by atoms with E-state index < -0.39 is 0 Å². The van der Waals surface area contributed by atoms with Crippen molar-refractivity contribution in [1.82, 2.24) is 19.8 Å². The number of carbonyl (C=O) groups is 2. The van der Waals surface area contributed by atoms with E-state index in [1.807, 2.05) is 48.5 Å². The van der Waals surface area contributed by atoms with E-state index in [2.05, 4.69) is 9.97 Å². The molecule has 0 atom stereocenters. The number of para-hydroxylation sites is 2. The van der Waals surface area contributed by atoms with Crippen LogP contribution in [0.3, 0.4) is 0 Å². The molecule has 0 aliphatic carbocycles. The topological polar surface area (TPSA) is 78.5 Å². The lowest BCUT2D eigenvalue weighted by atomic mass is 10.1. The molecule has 4 rings (SSSR count). The number of aromatic nitrogens is 2. The van der Waals surface area contributed by atoms with Crippen LogP contribution in [0.5, 0.6) is 0 Å². The van der Waals surface area contributed by atoms with Gasteiger partial charge in [-0.25, -0.2) is 9.78 Å². The molecule has 2 heterocycles. The Balaban J connectivity index is 1.41. The fourth-order valence-electron chi connectivity index (χ4n) is 3.48. The molecule has 1 fully saturated rings. The summed E-state index contributed by atoms with van der Waals surface area (Å²) in [5.74, 6) is 0.643. The second-order valence-corrected chi connectivity index (χ2v) is 7.95. The molecule has 0 bridgehead atoms. The molecule has 1 aliphatic heterocycles. The van der Waals surface area contributed by atoms with Crippen molar-refractivity contribution in [3.63, 3.8) is 0 Å². The van der Waals surface area contributed by atoms with Gasteiger partial charge in [-0.15, -0.1) is 0 Å². The second kappa shape index (κ2) is 9.21. The van der Waals surface area contributed by atoms with Crippen LogP contribution in [0.2, 0.25) is 0 Å². The standard InChI is InChI=1S/C22H24N4O3S/c1-2-29-22(28)26-13-11-25(12-14-26)20(27)17-8-4-3-7-16(17)15-30-21-23-18-9-5-6-10-19(18)24-21/h3-10H,2,11-15H2,1H3,(H,23,24). The highest BCUT2D eigenvalue weighted by molar-refractivity contribution is 7.98. The highest BCUT2D eigenvalue weighted by Crippen LogP contribution is 2.25. The smallest absolute Gasteiger partial charge is 0.409 e. The summed E-state index contributed by atoms with van der Waals surface area (Å²) in [7, 11) is 0. The van der Waals surface area contributed by atoms with Gasteiger partial charge >= 0.3 is 6.09 Å². The maximum atomic E-state index is 13.1. The molecule has 8 heteroatoms. The Kier molecular flexibility index (Phi) is 6.23. The van der Waals surface area contributed by atoms with Crippen molar-refractivity contribution in [2.24, 2.45) is 0 Å². The molecular weight excluding hydrogens is 400 g/mol. The molecule has 1 saturated heterocycles. The van der Waals surface area contributed by atoms with Gasteiger partial charge in [0, 0.05) is 37.5 Å². The first-order chi connectivity index (χ1) is 14.7. The molecule has 0 unspecified atom stereocenters. The molecule has 30 heavy (non-hydrogen) atoms. The van der Waals surface area contributed by atoms with E-state index in [4.69, 9.17) is 4.74 Å². The number of piperazine rings is 1. The van der Waals surface area contributed by atoms with Crippen LogP contribution >= 0.6 is 11.8 Å². The molecule has 1 aliphatic rings. The van der Waals surface area contributed by atoms with Crippen molar-refractivity contribution in [2.45, 2.75) is 17.8 Å². The highest BCUT2D eigenvalue weighted by atomic mass is 32.2. The number of nitrogens with one attached hydrogen (secondary N) is 1. The third kappa shape index (κ3) is 4.43. The Morgan fingerprint density at radius 2 is 1.73 bits per heavy atom. The van der Waals surface area contributed by atoms with Gasteiger partial charge in [-0.1, -0.05) is 42.1 Å². The van der Waals surface area contributed by atoms with Gasteiger partial charge in [0.2, 0.25) is 0 Å². The molecule has 1 N–H and O–H groups in total. The number of amides is 2. The minimum Gasteiger partial charge on any atom is -0.450 e. The third-order valence-electron chi connectivity index (χ3n) is 5.07. The fraction of sp³-hybridized carbons (Fsp3) is 0.318. The Morgan fingerprint density at radius 3 is 2.50 bits per heavy atom. The SMILES string of the molecule is CCOC(=O)N1CCN(C(=O)c2ccccc2CSc2nc3ccccc3[nH]2)CC1. The van der Waals surface area contributed by atoms with Crippen molar-refractivity contribution in [3.8, 4) is 0 Å². The zero-order chi connectivity index (χ0) is 20.9. The number of H-pyrrole nitrogens is 1. The van der Waals surface area contributed by atoms with Crippen molar-refractivity contribution in [1.29, 1.82) is 0 Å². The number of rotatable bonds is 5. The lowest BCUT2D eigenvalue weighted by Crippen LogP contribution is -2.50. The van der Waals surface area contributed by atoms with Crippen LogP contribution in [-0.2, 0) is 10.5 Å².